The fourth-order valence-electron chi connectivity index (χ4n) is 1.84. The summed E-state index contributed by atoms with van der Waals surface area (Å²) in [6, 6.07) is 4.44. The third-order valence-electron chi connectivity index (χ3n) is 3.37. The normalized spacial score (nSPS) is 14.5. The van der Waals surface area contributed by atoms with Gasteiger partial charge in [-0.2, -0.15) is 0 Å². The predicted octanol–water partition coefficient (Wildman–Crippen LogP) is 2.63. The summed E-state index contributed by atoms with van der Waals surface area (Å²) in [7, 11) is 1.74. The van der Waals surface area contributed by atoms with Crippen LogP contribution >= 0.6 is 0 Å². The van der Waals surface area contributed by atoms with Gasteiger partial charge in [0.15, 0.2) is 0 Å². The first kappa shape index (κ1) is 14.0. The van der Waals surface area contributed by atoms with Crippen molar-refractivity contribution in [3.8, 4) is 0 Å². The van der Waals surface area contributed by atoms with Gasteiger partial charge in [0.2, 0.25) is 0 Å². The number of carbonyl (C=O) groups excluding carboxylic acids is 1. The number of rotatable bonds is 6. The molecule has 104 valence electrons. The number of hydrogen-bond donors (Lipinski definition) is 0. The molecule has 4 heteroatoms. The highest BCUT2D eigenvalue weighted by Gasteiger charge is 2.21. The molecule has 1 aliphatic carbocycles. The maximum absolute atomic E-state index is 13.1. The van der Waals surface area contributed by atoms with Gasteiger partial charge in [-0.3, -0.25) is 4.79 Å². The van der Waals surface area contributed by atoms with Crippen molar-refractivity contribution in [3.63, 3.8) is 0 Å². The third kappa shape index (κ3) is 4.03. The lowest BCUT2D eigenvalue weighted by atomic mass is 10.1. The van der Waals surface area contributed by atoms with Crippen LogP contribution in [0.25, 0.3) is 0 Å². The molecule has 0 N–H and O–H groups in total. The zero-order chi connectivity index (χ0) is 13.8. The summed E-state index contributed by atoms with van der Waals surface area (Å²) in [4.78, 5) is 13.7. The van der Waals surface area contributed by atoms with E-state index in [0.717, 1.165) is 12.5 Å². The Morgan fingerprint density at radius 1 is 1.47 bits per heavy atom. The van der Waals surface area contributed by atoms with E-state index >= 15 is 0 Å². The molecule has 1 fully saturated rings. The number of carbonyl (C=O) groups is 1. The Hall–Kier alpha value is -1.42. The van der Waals surface area contributed by atoms with E-state index in [1.54, 1.807) is 24.9 Å². The molecule has 0 spiro atoms. The third-order valence-corrected chi connectivity index (χ3v) is 3.37. The van der Waals surface area contributed by atoms with Crippen LogP contribution in [0, 0.1) is 18.7 Å². The molecule has 0 aromatic heterocycles. The number of likely N-dealkylation sites (N-methyl/N-ethyl adjacent to an activating group) is 1. The van der Waals surface area contributed by atoms with E-state index in [-0.39, 0.29) is 11.7 Å². The lowest BCUT2D eigenvalue weighted by Gasteiger charge is -2.17. The van der Waals surface area contributed by atoms with Crippen molar-refractivity contribution >= 4 is 5.91 Å². The summed E-state index contributed by atoms with van der Waals surface area (Å²) in [6.07, 6.45) is 2.53. The van der Waals surface area contributed by atoms with E-state index in [1.165, 1.54) is 25.0 Å². The van der Waals surface area contributed by atoms with Crippen molar-refractivity contribution in [2.45, 2.75) is 19.8 Å². The molecule has 2 rings (SSSR count). The molecule has 19 heavy (non-hydrogen) atoms. The Morgan fingerprint density at radius 2 is 2.21 bits per heavy atom. The van der Waals surface area contributed by atoms with Gasteiger partial charge in [0, 0.05) is 25.8 Å². The van der Waals surface area contributed by atoms with E-state index in [4.69, 9.17) is 4.74 Å². The molecule has 1 amide bonds. The number of nitrogens with zero attached hydrogens (tertiary/aromatic N) is 1. The smallest absolute Gasteiger partial charge is 0.253 e. The number of benzene rings is 1. The first-order chi connectivity index (χ1) is 9.08. The Morgan fingerprint density at radius 3 is 2.84 bits per heavy atom. The maximum atomic E-state index is 13.1. The van der Waals surface area contributed by atoms with Crippen LogP contribution < -0.4 is 0 Å². The topological polar surface area (TPSA) is 29.5 Å². The molecule has 0 atom stereocenters. The molecular weight excluding hydrogens is 245 g/mol. The van der Waals surface area contributed by atoms with E-state index in [1.807, 2.05) is 0 Å². The van der Waals surface area contributed by atoms with Crippen LogP contribution in [-0.2, 0) is 4.74 Å². The van der Waals surface area contributed by atoms with Gasteiger partial charge in [-0.25, -0.2) is 4.39 Å². The minimum absolute atomic E-state index is 0.0990. The van der Waals surface area contributed by atoms with Gasteiger partial charge in [0.1, 0.15) is 5.82 Å². The molecule has 0 bridgehead atoms. The number of ether oxygens (including phenoxy) is 1. The van der Waals surface area contributed by atoms with Gasteiger partial charge in [-0.15, -0.1) is 0 Å². The monoisotopic (exact) mass is 265 g/mol. The van der Waals surface area contributed by atoms with Gasteiger partial charge in [-0.05, 0) is 49.4 Å². The lowest BCUT2D eigenvalue weighted by Crippen LogP contribution is -2.30. The van der Waals surface area contributed by atoms with Crippen molar-refractivity contribution in [2.24, 2.45) is 5.92 Å². The minimum Gasteiger partial charge on any atom is -0.379 e. The summed E-state index contributed by atoms with van der Waals surface area (Å²) in [5, 5.41) is 0. The summed E-state index contributed by atoms with van der Waals surface area (Å²) in [5.41, 5.74) is 1.01. The largest absolute Gasteiger partial charge is 0.379 e. The van der Waals surface area contributed by atoms with Crippen LogP contribution in [0.1, 0.15) is 28.8 Å². The van der Waals surface area contributed by atoms with Crippen molar-refractivity contribution in [3.05, 3.63) is 35.1 Å². The molecule has 3 nitrogen and oxygen atoms in total. The Bertz CT molecular complexity index is 457. The van der Waals surface area contributed by atoms with Gasteiger partial charge >= 0.3 is 0 Å². The first-order valence-electron chi connectivity index (χ1n) is 6.67. The molecule has 0 radical (unpaired) electrons. The average Bonchev–Trinajstić information content (AvgIpc) is 3.21. The molecule has 0 heterocycles. The van der Waals surface area contributed by atoms with Crippen molar-refractivity contribution in [1.82, 2.24) is 4.90 Å². The maximum Gasteiger partial charge on any atom is 0.253 e. The summed E-state index contributed by atoms with van der Waals surface area (Å²) in [5.74, 6) is 0.353. The molecular formula is C15H20FNO2. The van der Waals surface area contributed by atoms with Crippen molar-refractivity contribution in [2.75, 3.05) is 26.8 Å². The summed E-state index contributed by atoms with van der Waals surface area (Å²) < 4.78 is 18.7. The van der Waals surface area contributed by atoms with Crippen molar-refractivity contribution < 1.29 is 13.9 Å². The number of amides is 1. The van der Waals surface area contributed by atoms with E-state index < -0.39 is 0 Å². The predicted molar refractivity (Wildman–Crippen MR) is 71.6 cm³/mol. The molecule has 1 aromatic rings. The summed E-state index contributed by atoms with van der Waals surface area (Å²) >= 11 is 0. The number of halogens is 1. The SMILES string of the molecule is Cc1cc(C(=O)N(C)CCOCC2CC2)ccc1F. The van der Waals surface area contributed by atoms with Crippen LogP contribution in [0.5, 0.6) is 0 Å². The zero-order valence-corrected chi connectivity index (χ0v) is 11.5. The van der Waals surface area contributed by atoms with E-state index in [2.05, 4.69) is 0 Å². The Labute approximate surface area is 113 Å². The van der Waals surface area contributed by atoms with Gasteiger partial charge in [-0.1, -0.05) is 0 Å². The van der Waals surface area contributed by atoms with Crippen LogP contribution in [0.4, 0.5) is 4.39 Å². The number of hydrogen-bond acceptors (Lipinski definition) is 2. The Kier molecular flexibility index (Phi) is 4.53. The minimum atomic E-state index is -0.285. The summed E-state index contributed by atoms with van der Waals surface area (Å²) in [6.45, 7) is 3.57. The molecule has 1 aromatic carbocycles. The molecule has 1 saturated carbocycles. The average molecular weight is 265 g/mol. The first-order valence-corrected chi connectivity index (χ1v) is 6.67. The van der Waals surface area contributed by atoms with E-state index in [9.17, 15) is 9.18 Å². The van der Waals surface area contributed by atoms with Crippen LogP contribution in [0.15, 0.2) is 18.2 Å². The molecule has 1 aliphatic rings. The molecule has 0 unspecified atom stereocenters. The van der Waals surface area contributed by atoms with Gasteiger partial charge < -0.3 is 9.64 Å². The second kappa shape index (κ2) is 6.15. The highest BCUT2D eigenvalue weighted by Crippen LogP contribution is 2.28. The zero-order valence-electron chi connectivity index (χ0n) is 11.5. The molecule has 0 saturated heterocycles. The van der Waals surface area contributed by atoms with Gasteiger partial charge in [0.25, 0.3) is 5.91 Å². The molecule has 0 aliphatic heterocycles. The quantitative estimate of drug-likeness (QED) is 0.740. The van der Waals surface area contributed by atoms with Crippen LogP contribution in [0.2, 0.25) is 0 Å². The second-order valence-electron chi connectivity index (χ2n) is 5.21. The van der Waals surface area contributed by atoms with E-state index in [0.29, 0.717) is 24.3 Å². The van der Waals surface area contributed by atoms with Crippen molar-refractivity contribution in [1.29, 1.82) is 0 Å². The van der Waals surface area contributed by atoms with Crippen LogP contribution in [-0.4, -0.2) is 37.6 Å². The highest BCUT2D eigenvalue weighted by molar-refractivity contribution is 5.94. The fourth-order valence-corrected chi connectivity index (χ4v) is 1.84. The van der Waals surface area contributed by atoms with Gasteiger partial charge in [0.05, 0.1) is 6.61 Å². The number of aryl methyl sites for hydroxylation is 1. The Balaban J connectivity index is 1.81. The second-order valence-corrected chi connectivity index (χ2v) is 5.21. The van der Waals surface area contributed by atoms with Crippen LogP contribution in [0.3, 0.4) is 0 Å². The highest BCUT2D eigenvalue weighted by atomic mass is 19.1. The lowest BCUT2D eigenvalue weighted by molar-refractivity contribution is 0.0681. The standard InChI is InChI=1S/C15H20FNO2/c1-11-9-13(5-6-14(11)16)15(18)17(2)7-8-19-10-12-3-4-12/h5-6,9,12H,3-4,7-8,10H2,1-2H3. The fraction of sp³-hybridized carbons (Fsp3) is 0.533.